The zero-order valence-electron chi connectivity index (χ0n) is 12.0. The van der Waals surface area contributed by atoms with Crippen LogP contribution < -0.4 is 10.9 Å². The molecule has 0 bridgehead atoms. The Balaban J connectivity index is 1.83. The lowest BCUT2D eigenvalue weighted by molar-refractivity contribution is 0.846. The fourth-order valence-electron chi connectivity index (χ4n) is 2.48. The van der Waals surface area contributed by atoms with Gasteiger partial charge in [-0.05, 0) is 45.2 Å². The molecule has 1 atom stereocenters. The van der Waals surface area contributed by atoms with Gasteiger partial charge in [-0.1, -0.05) is 0 Å². The second kappa shape index (κ2) is 5.05. The SMILES string of the molecule is Cc1cc(C(C)Nc2cc(=O)[nH]c(C3CC3)n2)c(C)s1. The Morgan fingerprint density at radius 3 is 2.75 bits per heavy atom. The maximum atomic E-state index is 11.7. The molecule has 1 unspecified atom stereocenters. The number of anilines is 1. The van der Waals surface area contributed by atoms with E-state index in [0.717, 1.165) is 18.7 Å². The number of hydrogen-bond donors (Lipinski definition) is 2. The highest BCUT2D eigenvalue weighted by molar-refractivity contribution is 7.12. The Morgan fingerprint density at radius 2 is 2.15 bits per heavy atom. The molecule has 106 valence electrons. The van der Waals surface area contributed by atoms with Gasteiger partial charge >= 0.3 is 0 Å². The first-order valence-electron chi connectivity index (χ1n) is 6.97. The summed E-state index contributed by atoms with van der Waals surface area (Å²) >= 11 is 1.80. The van der Waals surface area contributed by atoms with Crippen LogP contribution >= 0.6 is 11.3 Å². The number of nitrogens with zero attached hydrogens (tertiary/aromatic N) is 1. The molecule has 0 aliphatic heterocycles. The van der Waals surface area contributed by atoms with Crippen molar-refractivity contribution in [2.45, 2.75) is 45.6 Å². The van der Waals surface area contributed by atoms with Crippen molar-refractivity contribution in [2.24, 2.45) is 0 Å². The molecule has 2 N–H and O–H groups in total. The smallest absolute Gasteiger partial charge is 0.252 e. The van der Waals surface area contributed by atoms with E-state index in [4.69, 9.17) is 0 Å². The Labute approximate surface area is 122 Å². The minimum atomic E-state index is -0.0742. The minimum Gasteiger partial charge on any atom is -0.363 e. The topological polar surface area (TPSA) is 57.8 Å². The number of hydrogen-bond acceptors (Lipinski definition) is 4. The summed E-state index contributed by atoms with van der Waals surface area (Å²) in [6.07, 6.45) is 2.26. The largest absolute Gasteiger partial charge is 0.363 e. The van der Waals surface area contributed by atoms with Crippen LogP contribution in [0.1, 0.15) is 52.9 Å². The highest BCUT2D eigenvalue weighted by Gasteiger charge is 2.26. The van der Waals surface area contributed by atoms with Crippen LogP contribution in [0.5, 0.6) is 0 Å². The number of aromatic nitrogens is 2. The number of H-pyrrole nitrogens is 1. The molecule has 1 aliphatic rings. The lowest BCUT2D eigenvalue weighted by Gasteiger charge is -2.15. The first-order chi connectivity index (χ1) is 9.52. The van der Waals surface area contributed by atoms with Crippen molar-refractivity contribution >= 4 is 17.2 Å². The Kier molecular flexibility index (Phi) is 3.38. The molecule has 0 radical (unpaired) electrons. The van der Waals surface area contributed by atoms with Gasteiger partial charge < -0.3 is 10.3 Å². The van der Waals surface area contributed by atoms with Crippen molar-refractivity contribution in [3.63, 3.8) is 0 Å². The maximum Gasteiger partial charge on any atom is 0.252 e. The van der Waals surface area contributed by atoms with E-state index in [0.29, 0.717) is 11.7 Å². The van der Waals surface area contributed by atoms with Gasteiger partial charge in [0, 0.05) is 21.7 Å². The normalized spacial score (nSPS) is 16.1. The number of rotatable bonds is 4. The molecule has 5 heteroatoms. The Bertz CT molecular complexity index is 685. The van der Waals surface area contributed by atoms with Crippen molar-refractivity contribution < 1.29 is 0 Å². The predicted octanol–water partition coefficient (Wildman–Crippen LogP) is 3.50. The molecule has 2 aromatic rings. The molecular weight excluding hydrogens is 270 g/mol. The lowest BCUT2D eigenvalue weighted by atomic mass is 10.1. The fraction of sp³-hybridized carbons (Fsp3) is 0.467. The van der Waals surface area contributed by atoms with Crippen LogP contribution in [0.4, 0.5) is 5.82 Å². The van der Waals surface area contributed by atoms with Gasteiger partial charge in [0.25, 0.3) is 5.56 Å². The first kappa shape index (κ1) is 13.4. The molecule has 0 amide bonds. The van der Waals surface area contributed by atoms with Crippen LogP contribution in [-0.2, 0) is 0 Å². The van der Waals surface area contributed by atoms with Crippen LogP contribution in [0.15, 0.2) is 16.9 Å². The van der Waals surface area contributed by atoms with E-state index >= 15 is 0 Å². The van der Waals surface area contributed by atoms with Gasteiger partial charge in [-0.15, -0.1) is 11.3 Å². The number of aromatic amines is 1. The summed E-state index contributed by atoms with van der Waals surface area (Å²) in [5.74, 6) is 1.95. The van der Waals surface area contributed by atoms with Gasteiger partial charge in [0.2, 0.25) is 0 Å². The molecule has 1 fully saturated rings. The average Bonchev–Trinajstić information content (AvgIpc) is 3.14. The molecule has 20 heavy (non-hydrogen) atoms. The molecule has 2 aromatic heterocycles. The van der Waals surface area contributed by atoms with E-state index in [9.17, 15) is 4.79 Å². The van der Waals surface area contributed by atoms with Crippen LogP contribution in [0.25, 0.3) is 0 Å². The van der Waals surface area contributed by atoms with Crippen LogP contribution in [0.2, 0.25) is 0 Å². The van der Waals surface area contributed by atoms with E-state index in [1.54, 1.807) is 11.3 Å². The highest BCUT2D eigenvalue weighted by Crippen LogP contribution is 2.38. The van der Waals surface area contributed by atoms with Crippen molar-refractivity contribution in [2.75, 3.05) is 5.32 Å². The second-order valence-corrected chi connectivity index (χ2v) is 6.99. The third-order valence-electron chi connectivity index (χ3n) is 3.63. The number of nitrogens with one attached hydrogen (secondary N) is 2. The van der Waals surface area contributed by atoms with Crippen LogP contribution in [0, 0.1) is 13.8 Å². The quantitative estimate of drug-likeness (QED) is 0.905. The summed E-state index contributed by atoms with van der Waals surface area (Å²) in [6.45, 7) is 6.35. The van der Waals surface area contributed by atoms with E-state index in [1.165, 1.54) is 21.4 Å². The van der Waals surface area contributed by atoms with Gasteiger partial charge in [-0.3, -0.25) is 4.79 Å². The first-order valence-corrected chi connectivity index (χ1v) is 7.79. The Hall–Kier alpha value is -1.62. The lowest BCUT2D eigenvalue weighted by Crippen LogP contribution is -2.15. The maximum absolute atomic E-state index is 11.7. The van der Waals surface area contributed by atoms with Gasteiger partial charge in [0.1, 0.15) is 11.6 Å². The highest BCUT2D eigenvalue weighted by atomic mass is 32.1. The molecular formula is C15H19N3OS. The van der Waals surface area contributed by atoms with Gasteiger partial charge in [0.05, 0.1) is 6.04 Å². The second-order valence-electron chi connectivity index (χ2n) is 5.52. The van der Waals surface area contributed by atoms with Crippen molar-refractivity contribution in [3.8, 4) is 0 Å². The third-order valence-corrected chi connectivity index (χ3v) is 4.62. The molecule has 3 rings (SSSR count). The minimum absolute atomic E-state index is 0.0742. The molecule has 2 heterocycles. The molecule has 0 aromatic carbocycles. The number of aryl methyl sites for hydroxylation is 2. The fourth-order valence-corrected chi connectivity index (χ4v) is 3.50. The molecule has 1 aliphatic carbocycles. The molecule has 0 saturated heterocycles. The zero-order chi connectivity index (χ0) is 14.3. The summed E-state index contributed by atoms with van der Waals surface area (Å²) in [4.78, 5) is 21.7. The van der Waals surface area contributed by atoms with Gasteiger partial charge in [-0.25, -0.2) is 4.98 Å². The predicted molar refractivity (Wildman–Crippen MR) is 82.7 cm³/mol. The van der Waals surface area contributed by atoms with E-state index in [2.05, 4.69) is 42.1 Å². The summed E-state index contributed by atoms with van der Waals surface area (Å²) in [6, 6.07) is 3.89. The van der Waals surface area contributed by atoms with Crippen LogP contribution in [-0.4, -0.2) is 9.97 Å². The standard InChI is InChI=1S/C15H19N3OS/c1-8-6-12(10(3)20-8)9(2)16-13-7-14(19)18-15(17-13)11-4-5-11/h6-7,9,11H,4-5H2,1-3H3,(H2,16,17,18,19). The summed E-state index contributed by atoms with van der Waals surface area (Å²) in [5, 5.41) is 3.35. The van der Waals surface area contributed by atoms with Crippen LogP contribution in [0.3, 0.4) is 0 Å². The molecule has 0 spiro atoms. The summed E-state index contributed by atoms with van der Waals surface area (Å²) in [7, 11) is 0. The van der Waals surface area contributed by atoms with E-state index in [-0.39, 0.29) is 11.6 Å². The zero-order valence-corrected chi connectivity index (χ0v) is 12.8. The van der Waals surface area contributed by atoms with Crippen molar-refractivity contribution in [1.82, 2.24) is 9.97 Å². The van der Waals surface area contributed by atoms with E-state index < -0.39 is 0 Å². The third kappa shape index (κ3) is 2.77. The van der Waals surface area contributed by atoms with Crippen molar-refractivity contribution in [1.29, 1.82) is 0 Å². The van der Waals surface area contributed by atoms with Crippen molar-refractivity contribution in [3.05, 3.63) is 43.6 Å². The van der Waals surface area contributed by atoms with Gasteiger partial charge in [-0.2, -0.15) is 0 Å². The summed E-state index contributed by atoms with van der Waals surface area (Å²) in [5.41, 5.74) is 1.21. The molecule has 4 nitrogen and oxygen atoms in total. The Morgan fingerprint density at radius 1 is 1.40 bits per heavy atom. The molecule has 1 saturated carbocycles. The summed E-state index contributed by atoms with van der Waals surface area (Å²) < 4.78 is 0. The van der Waals surface area contributed by atoms with Gasteiger partial charge in [0.15, 0.2) is 0 Å². The average molecular weight is 289 g/mol. The monoisotopic (exact) mass is 289 g/mol. The van der Waals surface area contributed by atoms with E-state index in [1.807, 2.05) is 0 Å². The number of thiophene rings is 1.